The molecule has 0 aliphatic carbocycles. The number of benzene rings is 1. The summed E-state index contributed by atoms with van der Waals surface area (Å²) in [6.45, 7) is -0.817. The summed E-state index contributed by atoms with van der Waals surface area (Å²) in [5, 5.41) is 2.64. The molecular weight excluding hydrogens is 472 g/mol. The van der Waals surface area contributed by atoms with Crippen molar-refractivity contribution in [1.29, 1.82) is 0 Å². The van der Waals surface area contributed by atoms with Gasteiger partial charge in [-0.25, -0.2) is 18.7 Å². The van der Waals surface area contributed by atoms with Crippen LogP contribution in [0, 0.1) is 5.82 Å². The number of nitrogens with two attached hydrogens (primary N) is 2. The average Bonchev–Trinajstić information content (AvgIpc) is 3.36. The van der Waals surface area contributed by atoms with Crippen molar-refractivity contribution in [3.8, 4) is 0 Å². The van der Waals surface area contributed by atoms with Crippen molar-refractivity contribution in [2.24, 2.45) is 5.73 Å². The van der Waals surface area contributed by atoms with Gasteiger partial charge in [0.05, 0.1) is 22.5 Å². The number of likely N-dealkylation sites (tertiary alicyclic amines) is 1. The molecule has 2 atom stereocenters. The third-order valence-corrected chi connectivity index (χ3v) is 5.90. The zero-order valence-electron chi connectivity index (χ0n) is 17.7. The number of primary amides is 1. The smallest absolute Gasteiger partial charge is 0.251 e. The van der Waals surface area contributed by atoms with Crippen molar-refractivity contribution in [2.75, 3.05) is 12.3 Å². The van der Waals surface area contributed by atoms with Gasteiger partial charge in [0.25, 0.3) is 5.91 Å². The number of carbonyl (C=O) groups is 3. The highest BCUT2D eigenvalue weighted by Crippen LogP contribution is 2.26. The zero-order chi connectivity index (χ0) is 24.6. The molecule has 1 aliphatic rings. The fraction of sp³-hybridized carbons (Fsp3) is 0.286. The number of rotatable bonds is 6. The van der Waals surface area contributed by atoms with Gasteiger partial charge in [0.2, 0.25) is 11.8 Å². The summed E-state index contributed by atoms with van der Waals surface area (Å²) in [6.07, 6.45) is 0.866. The number of halogens is 3. The molecule has 1 aromatic carbocycles. The van der Waals surface area contributed by atoms with Crippen LogP contribution in [0.15, 0.2) is 30.7 Å². The van der Waals surface area contributed by atoms with Crippen LogP contribution in [-0.2, 0) is 22.7 Å². The molecule has 0 saturated carbocycles. The molecule has 178 valence electrons. The Hall–Kier alpha value is -3.80. The molecule has 0 spiro atoms. The van der Waals surface area contributed by atoms with Gasteiger partial charge in [-0.15, -0.1) is 0 Å². The number of hydrogen-bond donors (Lipinski definition) is 3. The predicted molar refractivity (Wildman–Crippen MR) is 119 cm³/mol. The number of amides is 3. The van der Waals surface area contributed by atoms with Crippen LogP contribution in [0.2, 0.25) is 5.02 Å². The monoisotopic (exact) mass is 491 g/mol. The Bertz CT molecular complexity index is 1300. The summed E-state index contributed by atoms with van der Waals surface area (Å²) >= 11 is 5.75. The highest BCUT2D eigenvalue weighted by atomic mass is 35.5. The summed E-state index contributed by atoms with van der Waals surface area (Å²) in [6, 6.07) is 3.27. The van der Waals surface area contributed by atoms with Gasteiger partial charge < -0.3 is 26.3 Å². The van der Waals surface area contributed by atoms with Crippen LogP contribution in [0.25, 0.3) is 11.0 Å². The minimum absolute atomic E-state index is 0.0143. The molecule has 1 saturated heterocycles. The molecule has 0 unspecified atom stereocenters. The summed E-state index contributed by atoms with van der Waals surface area (Å²) in [5.74, 6) is -2.65. The molecule has 0 bridgehead atoms. The van der Waals surface area contributed by atoms with Crippen LogP contribution in [0.1, 0.15) is 22.3 Å². The number of nitrogens with zero attached hydrogens (tertiary/aromatic N) is 4. The molecule has 0 radical (unpaired) electrons. The standard InChI is InChI=1S/C21H20ClF2N7O3/c22-13-3-1-2-10(17(13)24)5-27-21(34)14-4-11(23)6-31(14)15(32)8-30-7-12(19(26)33)16-18(25)28-9-29-20(16)30/h1-3,7,9,11,14H,4-6,8H2,(H2,26,33)(H,27,34)(H2,25,28,29)/t11-,14+/m1/s1. The molecule has 10 nitrogen and oxygen atoms in total. The van der Waals surface area contributed by atoms with Crippen LogP contribution >= 0.6 is 11.6 Å². The second-order valence-corrected chi connectivity index (χ2v) is 8.23. The molecule has 13 heteroatoms. The lowest BCUT2D eigenvalue weighted by atomic mass is 10.1. The average molecular weight is 492 g/mol. The molecular formula is C21H20ClF2N7O3. The first-order chi connectivity index (χ1) is 16.2. The van der Waals surface area contributed by atoms with Crippen LogP contribution in [0.5, 0.6) is 0 Å². The molecule has 5 N–H and O–H groups in total. The third-order valence-electron chi connectivity index (χ3n) is 5.61. The summed E-state index contributed by atoms with van der Waals surface area (Å²) in [7, 11) is 0. The Morgan fingerprint density at radius 1 is 1.26 bits per heavy atom. The number of nitrogen functional groups attached to an aromatic ring is 1. The van der Waals surface area contributed by atoms with Gasteiger partial charge in [0.1, 0.15) is 42.4 Å². The Labute approximate surface area is 196 Å². The number of fused-ring (bicyclic) bond motifs is 1. The first-order valence-corrected chi connectivity index (χ1v) is 10.6. The van der Waals surface area contributed by atoms with Crippen LogP contribution in [0.3, 0.4) is 0 Å². The number of carbonyl (C=O) groups excluding carboxylic acids is 3. The van der Waals surface area contributed by atoms with Crippen molar-refractivity contribution in [3.63, 3.8) is 0 Å². The van der Waals surface area contributed by atoms with Gasteiger partial charge in [-0.2, -0.15) is 0 Å². The van der Waals surface area contributed by atoms with Crippen molar-refractivity contribution in [2.45, 2.75) is 31.7 Å². The van der Waals surface area contributed by atoms with Crippen LogP contribution in [-0.4, -0.2) is 55.9 Å². The van der Waals surface area contributed by atoms with E-state index in [2.05, 4.69) is 15.3 Å². The molecule has 3 heterocycles. The maximum Gasteiger partial charge on any atom is 0.251 e. The Morgan fingerprint density at radius 3 is 2.76 bits per heavy atom. The molecule has 1 fully saturated rings. The van der Waals surface area contributed by atoms with Gasteiger partial charge in [0.15, 0.2) is 0 Å². The fourth-order valence-electron chi connectivity index (χ4n) is 3.99. The van der Waals surface area contributed by atoms with E-state index in [9.17, 15) is 23.2 Å². The number of aromatic nitrogens is 3. The Kier molecular flexibility index (Phi) is 6.33. The predicted octanol–water partition coefficient (Wildman–Crippen LogP) is 1.16. The van der Waals surface area contributed by atoms with Gasteiger partial charge in [0, 0.05) is 24.7 Å². The number of anilines is 1. The topological polar surface area (TPSA) is 149 Å². The lowest BCUT2D eigenvalue weighted by Gasteiger charge is -2.24. The van der Waals surface area contributed by atoms with Crippen molar-refractivity contribution in [3.05, 3.63) is 52.7 Å². The Balaban J connectivity index is 1.52. The normalized spacial score (nSPS) is 17.8. The number of alkyl halides is 1. The van der Waals surface area contributed by atoms with Gasteiger partial charge in [-0.1, -0.05) is 23.7 Å². The van der Waals surface area contributed by atoms with E-state index in [1.165, 1.54) is 35.3 Å². The lowest BCUT2D eigenvalue weighted by Crippen LogP contribution is -2.46. The first kappa shape index (κ1) is 23.4. The maximum atomic E-state index is 14.2. The van der Waals surface area contributed by atoms with E-state index in [-0.39, 0.29) is 59.1 Å². The summed E-state index contributed by atoms with van der Waals surface area (Å²) < 4.78 is 29.7. The highest BCUT2D eigenvalue weighted by molar-refractivity contribution is 6.30. The first-order valence-electron chi connectivity index (χ1n) is 10.2. The van der Waals surface area contributed by atoms with E-state index in [4.69, 9.17) is 23.1 Å². The maximum absolute atomic E-state index is 14.2. The minimum Gasteiger partial charge on any atom is -0.383 e. The van der Waals surface area contributed by atoms with E-state index in [1.807, 2.05) is 0 Å². The molecule has 1 aliphatic heterocycles. The molecule has 2 aromatic heterocycles. The van der Waals surface area contributed by atoms with Gasteiger partial charge in [-0.05, 0) is 6.07 Å². The van der Waals surface area contributed by atoms with E-state index < -0.39 is 35.8 Å². The third kappa shape index (κ3) is 4.36. The number of hydrogen-bond acceptors (Lipinski definition) is 6. The largest absolute Gasteiger partial charge is 0.383 e. The molecule has 3 aromatic rings. The highest BCUT2D eigenvalue weighted by Gasteiger charge is 2.40. The fourth-order valence-corrected chi connectivity index (χ4v) is 4.18. The van der Waals surface area contributed by atoms with E-state index >= 15 is 0 Å². The van der Waals surface area contributed by atoms with Crippen molar-refractivity contribution in [1.82, 2.24) is 24.8 Å². The summed E-state index contributed by atoms with van der Waals surface area (Å²) in [4.78, 5) is 46.6. The Morgan fingerprint density at radius 2 is 2.03 bits per heavy atom. The van der Waals surface area contributed by atoms with Gasteiger partial charge in [-0.3, -0.25) is 14.4 Å². The van der Waals surface area contributed by atoms with Crippen LogP contribution in [0.4, 0.5) is 14.6 Å². The van der Waals surface area contributed by atoms with E-state index in [0.717, 1.165) is 4.90 Å². The molecule has 34 heavy (non-hydrogen) atoms. The molecule has 3 amide bonds. The van der Waals surface area contributed by atoms with Crippen LogP contribution < -0.4 is 16.8 Å². The van der Waals surface area contributed by atoms with E-state index in [0.29, 0.717) is 0 Å². The number of nitrogens with one attached hydrogen (secondary N) is 1. The van der Waals surface area contributed by atoms with Gasteiger partial charge >= 0.3 is 0 Å². The molecule has 4 rings (SSSR count). The summed E-state index contributed by atoms with van der Waals surface area (Å²) in [5.41, 5.74) is 11.6. The van der Waals surface area contributed by atoms with E-state index in [1.54, 1.807) is 0 Å². The van der Waals surface area contributed by atoms with Crippen molar-refractivity contribution >= 4 is 46.2 Å². The van der Waals surface area contributed by atoms with Crippen molar-refractivity contribution < 1.29 is 23.2 Å². The minimum atomic E-state index is -1.41. The second kappa shape index (κ2) is 9.21. The zero-order valence-corrected chi connectivity index (χ0v) is 18.4. The second-order valence-electron chi connectivity index (χ2n) is 7.82. The SMILES string of the molecule is NC(=O)c1cn(CC(=O)N2C[C@H](F)C[C@H]2C(=O)NCc2cccc(Cl)c2F)c2ncnc(N)c12. The lowest BCUT2D eigenvalue weighted by molar-refractivity contribution is -0.139. The quantitative estimate of drug-likeness (QED) is 0.471.